The monoisotopic (exact) mass is 327 g/mol. The Morgan fingerprint density at radius 2 is 2.12 bits per heavy atom. The Bertz CT molecular complexity index is 651. The van der Waals surface area contributed by atoms with Crippen molar-refractivity contribution in [3.05, 3.63) is 60.4 Å². The van der Waals surface area contributed by atoms with Crippen molar-refractivity contribution in [3.63, 3.8) is 0 Å². The lowest BCUT2D eigenvalue weighted by molar-refractivity contribution is -0.148. The summed E-state index contributed by atoms with van der Waals surface area (Å²) >= 11 is 0. The maximum absolute atomic E-state index is 12.7. The highest BCUT2D eigenvalue weighted by molar-refractivity contribution is 5.81. The number of benzene rings is 1. The zero-order valence-electron chi connectivity index (χ0n) is 13.3. The first-order valence-corrected chi connectivity index (χ1v) is 8.00. The highest BCUT2D eigenvalue weighted by Gasteiger charge is 2.35. The first-order valence-electron chi connectivity index (χ1n) is 8.00. The van der Waals surface area contributed by atoms with E-state index in [1.54, 1.807) is 17.3 Å². The van der Waals surface area contributed by atoms with Crippen LogP contribution in [0.2, 0.25) is 0 Å². The second-order valence-corrected chi connectivity index (χ2v) is 5.63. The topological polar surface area (TPSA) is 74.7 Å². The summed E-state index contributed by atoms with van der Waals surface area (Å²) in [7, 11) is 0. The van der Waals surface area contributed by atoms with Crippen LogP contribution in [-0.4, -0.2) is 53.3 Å². The van der Waals surface area contributed by atoms with E-state index in [4.69, 9.17) is 4.74 Å². The Balaban J connectivity index is 1.74. The molecule has 2 heterocycles. The average molecular weight is 327 g/mol. The molecular weight excluding hydrogens is 306 g/mol. The number of hydrogen-bond acceptors (Lipinski definition) is 5. The minimum absolute atomic E-state index is 0.0329. The SMILES string of the molecule is O=C(CNc1cccnc1)N1CCO[C@@H](CO)[C@@H]1c1ccccc1. The lowest BCUT2D eigenvalue weighted by Crippen LogP contribution is -2.50. The van der Waals surface area contributed by atoms with Crippen LogP contribution in [0.4, 0.5) is 5.69 Å². The second kappa shape index (κ2) is 7.90. The van der Waals surface area contributed by atoms with Gasteiger partial charge in [-0.05, 0) is 17.7 Å². The van der Waals surface area contributed by atoms with Gasteiger partial charge in [-0.1, -0.05) is 30.3 Å². The van der Waals surface area contributed by atoms with Crippen LogP contribution in [0.3, 0.4) is 0 Å². The molecular formula is C18H21N3O3. The van der Waals surface area contributed by atoms with E-state index in [9.17, 15) is 9.90 Å². The molecule has 0 radical (unpaired) electrons. The van der Waals surface area contributed by atoms with Crippen LogP contribution in [0.5, 0.6) is 0 Å². The predicted molar refractivity (Wildman–Crippen MR) is 90.4 cm³/mol. The van der Waals surface area contributed by atoms with Crippen LogP contribution >= 0.6 is 0 Å². The van der Waals surface area contributed by atoms with E-state index in [-0.39, 0.29) is 25.1 Å². The third-order valence-corrected chi connectivity index (χ3v) is 4.10. The quantitative estimate of drug-likeness (QED) is 0.869. The number of pyridine rings is 1. The highest BCUT2D eigenvalue weighted by Crippen LogP contribution is 2.29. The van der Waals surface area contributed by atoms with Crippen molar-refractivity contribution in [1.29, 1.82) is 0 Å². The number of rotatable bonds is 5. The number of nitrogens with one attached hydrogen (secondary N) is 1. The van der Waals surface area contributed by atoms with E-state index in [2.05, 4.69) is 10.3 Å². The molecule has 1 aromatic carbocycles. The van der Waals surface area contributed by atoms with Crippen LogP contribution in [0.1, 0.15) is 11.6 Å². The Labute approximate surface area is 141 Å². The molecule has 1 amide bonds. The summed E-state index contributed by atoms with van der Waals surface area (Å²) in [6.07, 6.45) is 2.95. The van der Waals surface area contributed by atoms with E-state index < -0.39 is 6.10 Å². The molecule has 24 heavy (non-hydrogen) atoms. The molecule has 0 aliphatic carbocycles. The zero-order valence-corrected chi connectivity index (χ0v) is 13.3. The van der Waals surface area contributed by atoms with Crippen molar-refractivity contribution in [2.45, 2.75) is 12.1 Å². The molecule has 1 aliphatic rings. The summed E-state index contributed by atoms with van der Waals surface area (Å²) in [6, 6.07) is 13.1. The van der Waals surface area contributed by atoms with Crippen molar-refractivity contribution >= 4 is 11.6 Å². The molecule has 1 aromatic heterocycles. The van der Waals surface area contributed by atoms with E-state index in [0.29, 0.717) is 13.2 Å². The number of carbonyl (C=O) groups excluding carboxylic acids is 1. The number of carbonyl (C=O) groups is 1. The van der Waals surface area contributed by atoms with Crippen LogP contribution in [-0.2, 0) is 9.53 Å². The molecule has 1 fully saturated rings. The van der Waals surface area contributed by atoms with Gasteiger partial charge in [0, 0.05) is 18.9 Å². The van der Waals surface area contributed by atoms with Crippen molar-refractivity contribution in [2.75, 3.05) is 31.6 Å². The van der Waals surface area contributed by atoms with Gasteiger partial charge in [0.1, 0.15) is 6.10 Å². The minimum atomic E-state index is -0.413. The highest BCUT2D eigenvalue weighted by atomic mass is 16.5. The van der Waals surface area contributed by atoms with E-state index in [0.717, 1.165) is 11.3 Å². The Hall–Kier alpha value is -2.44. The molecule has 0 saturated carbocycles. The van der Waals surface area contributed by atoms with Gasteiger partial charge in [0.25, 0.3) is 0 Å². The third-order valence-electron chi connectivity index (χ3n) is 4.10. The molecule has 0 unspecified atom stereocenters. The molecule has 6 heteroatoms. The summed E-state index contributed by atoms with van der Waals surface area (Å²) in [5.74, 6) is -0.0329. The number of aromatic nitrogens is 1. The van der Waals surface area contributed by atoms with E-state index in [1.807, 2.05) is 42.5 Å². The van der Waals surface area contributed by atoms with Gasteiger partial charge >= 0.3 is 0 Å². The molecule has 3 rings (SSSR count). The van der Waals surface area contributed by atoms with E-state index in [1.165, 1.54) is 0 Å². The predicted octanol–water partition coefficient (Wildman–Crippen LogP) is 1.45. The maximum Gasteiger partial charge on any atom is 0.242 e. The number of hydrogen-bond donors (Lipinski definition) is 2. The van der Waals surface area contributed by atoms with Crippen molar-refractivity contribution in [2.24, 2.45) is 0 Å². The largest absolute Gasteiger partial charge is 0.394 e. The fraction of sp³-hybridized carbons (Fsp3) is 0.333. The Kier molecular flexibility index (Phi) is 5.40. The first-order chi connectivity index (χ1) is 11.8. The zero-order chi connectivity index (χ0) is 16.8. The van der Waals surface area contributed by atoms with Gasteiger partial charge in [0.15, 0.2) is 0 Å². The van der Waals surface area contributed by atoms with Gasteiger partial charge in [-0.25, -0.2) is 0 Å². The molecule has 0 spiro atoms. The molecule has 2 aromatic rings. The number of amides is 1. The fourth-order valence-corrected chi connectivity index (χ4v) is 2.96. The molecule has 2 N–H and O–H groups in total. The van der Waals surface area contributed by atoms with Gasteiger partial charge in [-0.2, -0.15) is 0 Å². The van der Waals surface area contributed by atoms with Crippen LogP contribution < -0.4 is 5.32 Å². The van der Waals surface area contributed by atoms with Gasteiger partial charge in [0.2, 0.25) is 5.91 Å². The molecule has 126 valence electrons. The molecule has 1 aliphatic heterocycles. The Morgan fingerprint density at radius 3 is 2.83 bits per heavy atom. The number of anilines is 1. The summed E-state index contributed by atoms with van der Waals surface area (Å²) in [4.78, 5) is 18.5. The van der Waals surface area contributed by atoms with Crippen LogP contribution in [0, 0.1) is 0 Å². The standard InChI is InChI=1S/C18H21N3O3/c22-13-16-18(14-5-2-1-3-6-14)21(9-10-24-16)17(23)12-20-15-7-4-8-19-11-15/h1-8,11,16,18,20,22H,9-10,12-13H2/t16-,18-/m0/s1. The van der Waals surface area contributed by atoms with Crippen molar-refractivity contribution in [3.8, 4) is 0 Å². The summed E-state index contributed by atoms with van der Waals surface area (Å²) < 4.78 is 5.66. The number of ether oxygens (including phenoxy) is 1. The Morgan fingerprint density at radius 1 is 1.29 bits per heavy atom. The number of nitrogens with zero attached hydrogens (tertiary/aromatic N) is 2. The second-order valence-electron chi connectivity index (χ2n) is 5.63. The summed E-state index contributed by atoms with van der Waals surface area (Å²) in [5.41, 5.74) is 1.76. The van der Waals surface area contributed by atoms with Crippen LogP contribution in [0.25, 0.3) is 0 Å². The number of aliphatic hydroxyl groups excluding tert-OH is 1. The molecule has 0 bridgehead atoms. The van der Waals surface area contributed by atoms with Gasteiger partial charge in [-0.15, -0.1) is 0 Å². The lowest BCUT2D eigenvalue weighted by atomic mass is 9.98. The van der Waals surface area contributed by atoms with Crippen LogP contribution in [0.15, 0.2) is 54.9 Å². The number of morpholine rings is 1. The lowest BCUT2D eigenvalue weighted by Gasteiger charge is -2.41. The van der Waals surface area contributed by atoms with E-state index >= 15 is 0 Å². The average Bonchev–Trinajstić information content (AvgIpc) is 2.67. The third kappa shape index (κ3) is 3.72. The molecule has 2 atom stereocenters. The fourth-order valence-electron chi connectivity index (χ4n) is 2.96. The van der Waals surface area contributed by atoms with Gasteiger partial charge in [-0.3, -0.25) is 9.78 Å². The first kappa shape index (κ1) is 16.4. The van der Waals surface area contributed by atoms with Crippen molar-refractivity contribution < 1.29 is 14.6 Å². The number of aliphatic hydroxyl groups is 1. The van der Waals surface area contributed by atoms with Gasteiger partial charge in [0.05, 0.1) is 31.5 Å². The summed E-state index contributed by atoms with van der Waals surface area (Å²) in [6.45, 7) is 0.976. The normalized spacial score (nSPS) is 20.6. The smallest absolute Gasteiger partial charge is 0.242 e. The van der Waals surface area contributed by atoms with Crippen molar-refractivity contribution in [1.82, 2.24) is 9.88 Å². The van der Waals surface area contributed by atoms with Gasteiger partial charge < -0.3 is 20.1 Å². The molecule has 1 saturated heterocycles. The maximum atomic E-state index is 12.7. The summed E-state index contributed by atoms with van der Waals surface area (Å²) in [5, 5.41) is 12.7. The molecule has 6 nitrogen and oxygen atoms in total. The minimum Gasteiger partial charge on any atom is -0.394 e.